The van der Waals surface area contributed by atoms with Crippen molar-refractivity contribution in [3.8, 4) is 16.9 Å². The largest absolute Gasteiger partial charge is 0.322 e. The Bertz CT molecular complexity index is 497. The third kappa shape index (κ3) is 2.76. The molecule has 0 saturated carbocycles. The predicted octanol–water partition coefficient (Wildman–Crippen LogP) is 3.26. The first-order valence-electron chi connectivity index (χ1n) is 4.27. The zero-order valence-electron chi connectivity index (χ0n) is 7.72. The maximum atomic E-state index is 4.16. The summed E-state index contributed by atoms with van der Waals surface area (Å²) in [7, 11) is 1.47. The molecule has 15 heavy (non-hydrogen) atoms. The molecule has 0 N–H and O–H groups in total. The van der Waals surface area contributed by atoms with E-state index in [1.165, 1.54) is 8.93 Å². The summed E-state index contributed by atoms with van der Waals surface area (Å²) in [6.07, 6.45) is 7.57. The average Bonchev–Trinajstić information content (AvgIpc) is 2.80. The normalized spacial score (nSPS) is 9.40. The second-order valence-electron chi connectivity index (χ2n) is 2.83. The zero-order valence-corrected chi connectivity index (χ0v) is 10.7. The van der Waals surface area contributed by atoms with Crippen molar-refractivity contribution >= 4 is 30.1 Å². The maximum absolute atomic E-state index is 4.16. The number of rotatable bonds is 1. The van der Waals surface area contributed by atoms with E-state index < -0.39 is 0 Å². The molecule has 0 fully saturated rings. The van der Waals surface area contributed by atoms with Crippen LogP contribution < -0.4 is 0 Å². The van der Waals surface area contributed by atoms with Crippen LogP contribution in [0.25, 0.3) is 5.69 Å². The monoisotopic (exact) mass is 326 g/mol. The standard InChI is InChI=1S/C11H7IN2S/c12-15-6-3-10-7-11(9-13-8-10)14-4-1-2-5-14/h1-2,4-5,7-9H. The molecule has 0 bridgehead atoms. The van der Waals surface area contributed by atoms with Gasteiger partial charge in [0.2, 0.25) is 0 Å². The van der Waals surface area contributed by atoms with E-state index in [9.17, 15) is 0 Å². The van der Waals surface area contributed by atoms with E-state index in [1.54, 1.807) is 6.20 Å². The van der Waals surface area contributed by atoms with Crippen molar-refractivity contribution in [2.45, 2.75) is 0 Å². The van der Waals surface area contributed by atoms with E-state index in [2.05, 4.69) is 37.4 Å². The molecule has 0 aliphatic carbocycles. The highest BCUT2D eigenvalue weighted by molar-refractivity contribution is 14.2. The van der Waals surface area contributed by atoms with Gasteiger partial charge in [0, 0.05) is 45.4 Å². The lowest BCUT2D eigenvalue weighted by Crippen LogP contribution is -1.91. The first kappa shape index (κ1) is 10.6. The van der Waals surface area contributed by atoms with E-state index in [0.29, 0.717) is 0 Å². The molecule has 2 nitrogen and oxygen atoms in total. The molecular formula is C11H7IN2S. The molecule has 2 heterocycles. The Kier molecular flexibility index (Phi) is 3.69. The van der Waals surface area contributed by atoms with Crippen LogP contribution in [0.2, 0.25) is 0 Å². The Labute approximate surface area is 105 Å². The van der Waals surface area contributed by atoms with Gasteiger partial charge in [0.25, 0.3) is 0 Å². The van der Waals surface area contributed by atoms with Gasteiger partial charge in [-0.2, -0.15) is 0 Å². The summed E-state index contributed by atoms with van der Waals surface area (Å²) < 4.78 is 2.01. The minimum Gasteiger partial charge on any atom is -0.322 e. The van der Waals surface area contributed by atoms with Crippen LogP contribution in [0.4, 0.5) is 0 Å². The minimum absolute atomic E-state index is 0.936. The maximum Gasteiger partial charge on any atom is 0.0646 e. The third-order valence-electron chi connectivity index (χ3n) is 1.86. The fourth-order valence-electron chi connectivity index (χ4n) is 1.22. The Morgan fingerprint density at radius 1 is 1.27 bits per heavy atom. The molecule has 0 aliphatic rings. The van der Waals surface area contributed by atoms with Crippen LogP contribution >= 0.6 is 30.1 Å². The smallest absolute Gasteiger partial charge is 0.0646 e. The Morgan fingerprint density at radius 3 is 2.80 bits per heavy atom. The first-order chi connectivity index (χ1) is 7.40. The number of aromatic nitrogens is 2. The molecule has 0 atom stereocenters. The summed E-state index contributed by atoms with van der Waals surface area (Å²) in [4.78, 5) is 4.16. The summed E-state index contributed by atoms with van der Waals surface area (Å²) in [6.45, 7) is 0. The molecule has 2 aromatic rings. The summed E-state index contributed by atoms with van der Waals surface area (Å²) in [6, 6.07) is 5.99. The quantitative estimate of drug-likeness (QED) is 0.591. The van der Waals surface area contributed by atoms with Crippen LogP contribution in [-0.4, -0.2) is 9.55 Å². The van der Waals surface area contributed by atoms with Crippen LogP contribution in [0, 0.1) is 11.2 Å². The molecule has 0 radical (unpaired) electrons. The van der Waals surface area contributed by atoms with Crippen LogP contribution in [0.1, 0.15) is 5.56 Å². The van der Waals surface area contributed by atoms with E-state index in [1.807, 2.05) is 41.4 Å². The van der Waals surface area contributed by atoms with Crippen molar-refractivity contribution < 1.29 is 0 Å². The molecule has 0 spiro atoms. The first-order valence-corrected chi connectivity index (χ1v) is 7.63. The molecule has 4 heteroatoms. The lowest BCUT2D eigenvalue weighted by Gasteiger charge is -2.01. The predicted molar refractivity (Wildman–Crippen MR) is 72.1 cm³/mol. The van der Waals surface area contributed by atoms with E-state index in [-0.39, 0.29) is 0 Å². The van der Waals surface area contributed by atoms with Gasteiger partial charge in [-0.3, -0.25) is 4.98 Å². The van der Waals surface area contributed by atoms with Crippen molar-refractivity contribution in [3.05, 3.63) is 48.5 Å². The molecule has 0 saturated heterocycles. The Hall–Kier alpha value is -0.930. The van der Waals surface area contributed by atoms with Crippen molar-refractivity contribution in [2.75, 3.05) is 0 Å². The van der Waals surface area contributed by atoms with Crippen molar-refractivity contribution in [2.24, 2.45) is 0 Å². The van der Waals surface area contributed by atoms with Gasteiger partial charge in [0.15, 0.2) is 0 Å². The number of hydrogen-bond acceptors (Lipinski definition) is 2. The van der Waals surface area contributed by atoms with Gasteiger partial charge in [0.05, 0.1) is 11.9 Å². The second-order valence-corrected chi connectivity index (χ2v) is 4.51. The summed E-state index contributed by atoms with van der Waals surface area (Å²) in [5, 5.41) is 2.94. The highest BCUT2D eigenvalue weighted by Gasteiger charge is 1.95. The minimum atomic E-state index is 0.936. The summed E-state index contributed by atoms with van der Waals surface area (Å²) >= 11 is 2.15. The SMILES string of the molecule is ISC#Cc1cncc(-n2cccc2)c1. The van der Waals surface area contributed by atoms with E-state index in [0.717, 1.165) is 11.3 Å². The molecule has 2 rings (SSSR count). The van der Waals surface area contributed by atoms with E-state index in [4.69, 9.17) is 0 Å². The highest BCUT2D eigenvalue weighted by atomic mass is 127. The second kappa shape index (κ2) is 5.24. The van der Waals surface area contributed by atoms with Gasteiger partial charge < -0.3 is 4.57 Å². The van der Waals surface area contributed by atoms with Gasteiger partial charge in [-0.25, -0.2) is 0 Å². The van der Waals surface area contributed by atoms with Crippen molar-refractivity contribution in [1.29, 1.82) is 0 Å². The van der Waals surface area contributed by atoms with Crippen LogP contribution in [0.5, 0.6) is 0 Å². The highest BCUT2D eigenvalue weighted by Crippen LogP contribution is 2.10. The molecular weight excluding hydrogens is 319 g/mol. The van der Waals surface area contributed by atoms with Gasteiger partial charge in [-0.1, -0.05) is 5.92 Å². The molecule has 0 aromatic carbocycles. The van der Waals surface area contributed by atoms with Gasteiger partial charge in [0.1, 0.15) is 0 Å². The molecule has 2 aromatic heterocycles. The fraction of sp³-hybridized carbons (Fsp3) is 0. The number of nitrogens with zero attached hydrogens (tertiary/aromatic N) is 2. The Morgan fingerprint density at radius 2 is 2.07 bits per heavy atom. The molecule has 0 unspecified atom stereocenters. The number of hydrogen-bond donors (Lipinski definition) is 0. The Balaban J connectivity index is 2.35. The van der Waals surface area contributed by atoms with Crippen LogP contribution in [-0.2, 0) is 0 Å². The summed E-state index contributed by atoms with van der Waals surface area (Å²) in [5.41, 5.74) is 1.97. The molecule has 0 aliphatic heterocycles. The van der Waals surface area contributed by atoms with Crippen LogP contribution in [0.3, 0.4) is 0 Å². The number of pyridine rings is 1. The fourth-order valence-corrected chi connectivity index (χ4v) is 1.71. The van der Waals surface area contributed by atoms with Crippen LogP contribution in [0.15, 0.2) is 43.0 Å². The summed E-state index contributed by atoms with van der Waals surface area (Å²) in [5.74, 6) is 3.03. The van der Waals surface area contributed by atoms with Crippen molar-refractivity contribution in [1.82, 2.24) is 9.55 Å². The average molecular weight is 326 g/mol. The lowest BCUT2D eigenvalue weighted by atomic mass is 10.3. The van der Waals surface area contributed by atoms with Gasteiger partial charge in [-0.05, 0) is 32.4 Å². The zero-order chi connectivity index (χ0) is 10.5. The van der Waals surface area contributed by atoms with Gasteiger partial charge in [-0.15, -0.1) is 0 Å². The van der Waals surface area contributed by atoms with Gasteiger partial charge >= 0.3 is 0 Å². The molecule has 74 valence electrons. The number of halogens is 1. The van der Waals surface area contributed by atoms with Crippen molar-refractivity contribution in [3.63, 3.8) is 0 Å². The van der Waals surface area contributed by atoms with E-state index >= 15 is 0 Å². The topological polar surface area (TPSA) is 17.8 Å². The third-order valence-corrected chi connectivity index (χ3v) is 2.70. The molecule has 0 amide bonds. The lowest BCUT2D eigenvalue weighted by molar-refractivity contribution is 1.06.